The van der Waals surface area contributed by atoms with Crippen LogP contribution in [-0.4, -0.2) is 59.1 Å². The molecule has 1 saturated carbocycles. The van der Waals surface area contributed by atoms with Crippen molar-refractivity contribution in [3.05, 3.63) is 29.8 Å². The number of nitrogens with zero attached hydrogens (tertiary/aromatic N) is 2. The highest BCUT2D eigenvalue weighted by molar-refractivity contribution is 5.79. The predicted molar refractivity (Wildman–Crippen MR) is 100 cm³/mol. The molecule has 1 amide bonds. The van der Waals surface area contributed by atoms with Gasteiger partial charge < -0.3 is 14.7 Å². The second-order valence-corrected chi connectivity index (χ2v) is 8.19. The highest BCUT2D eigenvalue weighted by atomic mass is 16.5. The molecule has 0 unspecified atom stereocenters. The topological polar surface area (TPSA) is 70.1 Å². The summed E-state index contributed by atoms with van der Waals surface area (Å²) >= 11 is 0. The third-order valence-corrected chi connectivity index (χ3v) is 6.29. The maximum absolute atomic E-state index is 12.8. The third kappa shape index (κ3) is 4.10. The van der Waals surface area contributed by atoms with E-state index < -0.39 is 5.97 Å². The monoisotopic (exact) mass is 372 g/mol. The number of hydrogen-bond donors (Lipinski definition) is 1. The van der Waals surface area contributed by atoms with Crippen LogP contribution < -0.4 is 4.74 Å². The van der Waals surface area contributed by atoms with E-state index in [0.717, 1.165) is 51.0 Å². The number of para-hydroxylation sites is 1. The number of fused-ring (bicyclic) bond motifs is 4. The van der Waals surface area contributed by atoms with Crippen molar-refractivity contribution >= 4 is 11.9 Å². The lowest BCUT2D eigenvalue weighted by Gasteiger charge is -2.36. The summed E-state index contributed by atoms with van der Waals surface area (Å²) < 4.78 is 5.47. The van der Waals surface area contributed by atoms with Crippen LogP contribution in [0, 0.1) is 11.8 Å². The van der Waals surface area contributed by atoms with Crippen LogP contribution in [-0.2, 0) is 16.1 Å². The van der Waals surface area contributed by atoms with E-state index in [0.29, 0.717) is 23.6 Å². The number of amides is 1. The average Bonchev–Trinajstić information content (AvgIpc) is 2.91. The first kappa shape index (κ1) is 18.3. The van der Waals surface area contributed by atoms with Gasteiger partial charge in [0.15, 0.2) is 6.61 Å². The fourth-order valence-corrected chi connectivity index (χ4v) is 4.60. The van der Waals surface area contributed by atoms with Gasteiger partial charge in [0, 0.05) is 43.7 Å². The summed E-state index contributed by atoms with van der Waals surface area (Å²) in [5, 5.41) is 8.89. The van der Waals surface area contributed by atoms with Gasteiger partial charge in [-0.1, -0.05) is 24.6 Å². The van der Waals surface area contributed by atoms with Crippen LogP contribution in [0.15, 0.2) is 24.3 Å². The van der Waals surface area contributed by atoms with Gasteiger partial charge in [-0.3, -0.25) is 9.69 Å². The van der Waals surface area contributed by atoms with E-state index in [1.807, 2.05) is 24.3 Å². The van der Waals surface area contributed by atoms with Gasteiger partial charge in [-0.15, -0.1) is 0 Å². The van der Waals surface area contributed by atoms with Gasteiger partial charge in [0.1, 0.15) is 5.75 Å². The Morgan fingerprint density at radius 1 is 1.07 bits per heavy atom. The number of benzene rings is 1. The van der Waals surface area contributed by atoms with Crippen LogP contribution >= 0.6 is 0 Å². The summed E-state index contributed by atoms with van der Waals surface area (Å²) in [7, 11) is 0. The van der Waals surface area contributed by atoms with Crippen molar-refractivity contribution < 1.29 is 19.4 Å². The molecule has 146 valence electrons. The maximum atomic E-state index is 12.8. The van der Waals surface area contributed by atoms with Crippen LogP contribution in [0.1, 0.15) is 37.7 Å². The summed E-state index contributed by atoms with van der Waals surface area (Å²) in [5.41, 5.74) is 1.02. The van der Waals surface area contributed by atoms with Gasteiger partial charge in [0.25, 0.3) is 0 Å². The lowest BCUT2D eigenvalue weighted by atomic mass is 9.84. The van der Waals surface area contributed by atoms with Crippen molar-refractivity contribution in [2.75, 3.05) is 26.2 Å². The smallest absolute Gasteiger partial charge is 0.341 e. The summed E-state index contributed by atoms with van der Waals surface area (Å²) in [5.74, 6) is 0.831. The molecule has 0 aromatic heterocycles. The SMILES string of the molecule is O=C(O)COc1ccccc1CN1C[C@@H]2CC[C@H]1CN(C(=O)C1CCC1)C2. The van der Waals surface area contributed by atoms with E-state index in [9.17, 15) is 9.59 Å². The van der Waals surface area contributed by atoms with Crippen LogP contribution in [0.2, 0.25) is 0 Å². The molecule has 1 aromatic carbocycles. The molecule has 1 N–H and O–H groups in total. The third-order valence-electron chi connectivity index (χ3n) is 6.29. The predicted octanol–water partition coefficient (Wildman–Crippen LogP) is 2.37. The fourth-order valence-electron chi connectivity index (χ4n) is 4.60. The molecular weight excluding hydrogens is 344 g/mol. The van der Waals surface area contributed by atoms with Crippen LogP contribution in [0.25, 0.3) is 0 Å². The Morgan fingerprint density at radius 3 is 2.63 bits per heavy atom. The Hall–Kier alpha value is -2.08. The summed E-state index contributed by atoms with van der Waals surface area (Å²) in [4.78, 5) is 28.2. The molecule has 5 rings (SSSR count). The number of carbonyl (C=O) groups excluding carboxylic acids is 1. The zero-order valence-electron chi connectivity index (χ0n) is 15.7. The lowest BCUT2D eigenvalue weighted by Crippen LogP contribution is -2.45. The van der Waals surface area contributed by atoms with E-state index >= 15 is 0 Å². The Bertz CT molecular complexity index is 703. The molecule has 3 saturated heterocycles. The number of piperidine rings is 1. The second-order valence-electron chi connectivity index (χ2n) is 8.19. The Balaban J connectivity index is 1.44. The molecule has 4 aliphatic rings. The van der Waals surface area contributed by atoms with E-state index in [-0.39, 0.29) is 12.5 Å². The molecule has 2 bridgehead atoms. The quantitative estimate of drug-likeness (QED) is 0.830. The molecule has 6 nitrogen and oxygen atoms in total. The van der Waals surface area contributed by atoms with Gasteiger partial charge in [-0.25, -0.2) is 4.79 Å². The number of hydrogen-bond acceptors (Lipinski definition) is 4. The number of carbonyl (C=O) groups is 2. The number of carboxylic acids is 1. The standard InChI is InChI=1S/C21H28N2O4/c24-20(25)14-27-19-7-2-1-4-17(19)12-22-10-15-8-9-18(22)13-23(11-15)21(26)16-5-3-6-16/h1-2,4,7,15-16,18H,3,5-6,8-14H2,(H,24,25)/t15-,18-/m0/s1. The molecule has 0 radical (unpaired) electrons. The van der Waals surface area contributed by atoms with Gasteiger partial charge >= 0.3 is 5.97 Å². The molecule has 4 fully saturated rings. The van der Waals surface area contributed by atoms with Crippen LogP contribution in [0.4, 0.5) is 0 Å². The Labute approximate surface area is 160 Å². The van der Waals surface area contributed by atoms with Gasteiger partial charge in [0.2, 0.25) is 5.91 Å². The first-order chi connectivity index (χ1) is 13.1. The zero-order valence-corrected chi connectivity index (χ0v) is 15.7. The second kappa shape index (κ2) is 7.89. The number of carboxylic acid groups (broad SMARTS) is 1. The Kier molecular flexibility index (Phi) is 5.34. The molecule has 1 aromatic rings. The first-order valence-corrected chi connectivity index (χ1v) is 10.1. The summed E-state index contributed by atoms with van der Waals surface area (Å²) in [6.45, 7) is 3.12. The van der Waals surface area contributed by atoms with Gasteiger partial charge in [-0.2, -0.15) is 0 Å². The molecule has 0 spiro atoms. The van der Waals surface area contributed by atoms with Crippen molar-refractivity contribution in [1.82, 2.24) is 9.80 Å². The van der Waals surface area contributed by atoms with Crippen molar-refractivity contribution in [2.24, 2.45) is 11.8 Å². The van der Waals surface area contributed by atoms with Gasteiger partial charge in [0.05, 0.1) is 0 Å². The van der Waals surface area contributed by atoms with E-state index in [1.54, 1.807) is 0 Å². The van der Waals surface area contributed by atoms with Crippen molar-refractivity contribution in [2.45, 2.75) is 44.7 Å². The molecule has 3 aliphatic heterocycles. The highest BCUT2D eigenvalue weighted by Gasteiger charge is 2.39. The normalized spacial score (nSPS) is 25.7. The fraction of sp³-hybridized carbons (Fsp3) is 0.619. The molecule has 1 aliphatic carbocycles. The minimum absolute atomic E-state index is 0.265. The van der Waals surface area contributed by atoms with Crippen LogP contribution in [0.3, 0.4) is 0 Å². The van der Waals surface area contributed by atoms with Crippen molar-refractivity contribution in [1.29, 1.82) is 0 Å². The molecule has 2 atom stereocenters. The first-order valence-electron chi connectivity index (χ1n) is 10.1. The Morgan fingerprint density at radius 2 is 1.89 bits per heavy atom. The molecule has 3 heterocycles. The van der Waals surface area contributed by atoms with Crippen LogP contribution in [0.5, 0.6) is 5.75 Å². The van der Waals surface area contributed by atoms with E-state index in [4.69, 9.17) is 9.84 Å². The summed E-state index contributed by atoms with van der Waals surface area (Å²) in [6, 6.07) is 8.05. The van der Waals surface area contributed by atoms with Crippen molar-refractivity contribution in [3.8, 4) is 5.75 Å². The maximum Gasteiger partial charge on any atom is 0.341 e. The minimum atomic E-state index is -0.969. The summed E-state index contributed by atoms with van der Waals surface area (Å²) in [6.07, 6.45) is 5.62. The highest BCUT2D eigenvalue weighted by Crippen LogP contribution is 2.34. The zero-order chi connectivity index (χ0) is 18.8. The van der Waals surface area contributed by atoms with E-state index in [1.165, 1.54) is 12.8 Å². The molecular formula is C21H28N2O4. The number of rotatable bonds is 6. The van der Waals surface area contributed by atoms with Crippen molar-refractivity contribution in [3.63, 3.8) is 0 Å². The molecule has 6 heteroatoms. The van der Waals surface area contributed by atoms with Gasteiger partial charge in [-0.05, 0) is 37.7 Å². The lowest BCUT2D eigenvalue weighted by molar-refractivity contribution is -0.139. The number of ether oxygens (including phenoxy) is 1. The largest absolute Gasteiger partial charge is 0.482 e. The minimum Gasteiger partial charge on any atom is -0.482 e. The molecule has 27 heavy (non-hydrogen) atoms. The van der Waals surface area contributed by atoms with E-state index in [2.05, 4.69) is 9.80 Å². The average molecular weight is 372 g/mol. The number of aliphatic carboxylic acids is 1.